The SMILES string of the molecule is CC1CCN(C(CNC(=O)COc2ccccc2Cl)c2cccs2)CC1.Cl. The van der Waals surface area contributed by atoms with Gasteiger partial charge in [-0.15, -0.1) is 23.7 Å². The summed E-state index contributed by atoms with van der Waals surface area (Å²) in [5, 5.41) is 5.63. The fraction of sp³-hybridized carbons (Fsp3) is 0.450. The van der Waals surface area contributed by atoms with Crippen LogP contribution in [-0.2, 0) is 4.79 Å². The Bertz CT molecular complexity index is 704. The van der Waals surface area contributed by atoms with Crippen LogP contribution in [0.3, 0.4) is 0 Å². The van der Waals surface area contributed by atoms with E-state index in [9.17, 15) is 4.79 Å². The van der Waals surface area contributed by atoms with E-state index in [0.717, 1.165) is 19.0 Å². The van der Waals surface area contributed by atoms with E-state index < -0.39 is 0 Å². The van der Waals surface area contributed by atoms with Gasteiger partial charge < -0.3 is 10.1 Å². The molecule has 3 rings (SSSR count). The number of benzene rings is 1. The number of thiophene rings is 1. The minimum Gasteiger partial charge on any atom is -0.482 e. The number of hydrogen-bond donors (Lipinski definition) is 1. The number of amides is 1. The maximum Gasteiger partial charge on any atom is 0.258 e. The van der Waals surface area contributed by atoms with Gasteiger partial charge in [0.05, 0.1) is 11.1 Å². The van der Waals surface area contributed by atoms with Gasteiger partial charge in [-0.1, -0.05) is 36.7 Å². The molecular formula is C20H26Cl2N2O2S. The second kappa shape index (κ2) is 10.9. The molecule has 1 N–H and O–H groups in total. The van der Waals surface area contributed by atoms with Gasteiger partial charge in [-0.3, -0.25) is 9.69 Å². The van der Waals surface area contributed by atoms with Crippen LogP contribution in [0.15, 0.2) is 41.8 Å². The number of hydrogen-bond acceptors (Lipinski definition) is 4. The molecule has 1 aliphatic heterocycles. The summed E-state index contributed by atoms with van der Waals surface area (Å²) < 4.78 is 5.53. The van der Waals surface area contributed by atoms with Crippen molar-refractivity contribution in [1.29, 1.82) is 0 Å². The Kier molecular flexibility index (Phi) is 8.90. The summed E-state index contributed by atoms with van der Waals surface area (Å²) in [7, 11) is 0. The lowest BCUT2D eigenvalue weighted by atomic mass is 9.97. The summed E-state index contributed by atoms with van der Waals surface area (Å²) in [5.41, 5.74) is 0. The Labute approximate surface area is 176 Å². The third-order valence-electron chi connectivity index (χ3n) is 4.82. The molecule has 0 bridgehead atoms. The van der Waals surface area contributed by atoms with Crippen LogP contribution in [0.25, 0.3) is 0 Å². The average Bonchev–Trinajstić information content (AvgIpc) is 3.17. The number of carbonyl (C=O) groups is 1. The van der Waals surface area contributed by atoms with Crippen molar-refractivity contribution in [1.82, 2.24) is 10.2 Å². The fourth-order valence-corrected chi connectivity index (χ4v) is 4.25. The van der Waals surface area contributed by atoms with Crippen LogP contribution in [0, 0.1) is 5.92 Å². The molecule has 1 aromatic carbocycles. The van der Waals surface area contributed by atoms with E-state index in [0.29, 0.717) is 17.3 Å². The molecule has 2 aromatic rings. The third kappa shape index (κ3) is 6.39. The molecule has 0 saturated carbocycles. The molecule has 27 heavy (non-hydrogen) atoms. The standard InChI is InChI=1S/C20H25ClN2O2S.ClH/c1-15-8-10-23(11-9-15)17(19-7-4-12-26-19)13-22-20(24)14-25-18-6-3-2-5-16(18)21;/h2-7,12,15,17H,8-11,13-14H2,1H3,(H,22,24);1H. The van der Waals surface area contributed by atoms with Gasteiger partial charge in [-0.25, -0.2) is 0 Å². The molecular weight excluding hydrogens is 403 g/mol. The quantitative estimate of drug-likeness (QED) is 0.688. The van der Waals surface area contributed by atoms with Crippen molar-refractivity contribution in [3.8, 4) is 5.75 Å². The predicted molar refractivity (Wildman–Crippen MR) is 114 cm³/mol. The van der Waals surface area contributed by atoms with Crippen LogP contribution in [0.4, 0.5) is 0 Å². The number of carbonyl (C=O) groups excluding carboxylic acids is 1. The molecule has 148 valence electrons. The number of para-hydroxylation sites is 1. The van der Waals surface area contributed by atoms with Gasteiger partial charge in [0.25, 0.3) is 5.91 Å². The average molecular weight is 429 g/mol. The summed E-state index contributed by atoms with van der Waals surface area (Å²) in [6.45, 7) is 5.04. The Morgan fingerprint density at radius 3 is 2.70 bits per heavy atom. The molecule has 1 fully saturated rings. The number of halogens is 2. The molecule has 1 saturated heterocycles. The summed E-state index contributed by atoms with van der Waals surface area (Å²) in [5.74, 6) is 1.19. The predicted octanol–water partition coefficient (Wildman–Crippen LogP) is 4.79. The number of piperidine rings is 1. The molecule has 4 nitrogen and oxygen atoms in total. The number of nitrogens with one attached hydrogen (secondary N) is 1. The van der Waals surface area contributed by atoms with Crippen LogP contribution in [0.2, 0.25) is 5.02 Å². The monoisotopic (exact) mass is 428 g/mol. The fourth-order valence-electron chi connectivity index (χ4n) is 3.20. The van der Waals surface area contributed by atoms with E-state index in [1.165, 1.54) is 17.7 Å². The molecule has 1 aliphatic rings. The first-order valence-corrected chi connectivity index (χ1v) is 10.3. The van der Waals surface area contributed by atoms with Gasteiger partial charge in [-0.2, -0.15) is 0 Å². The maximum atomic E-state index is 12.2. The highest BCUT2D eigenvalue weighted by molar-refractivity contribution is 7.10. The van der Waals surface area contributed by atoms with Crippen LogP contribution < -0.4 is 10.1 Å². The van der Waals surface area contributed by atoms with Crippen molar-refractivity contribution in [2.24, 2.45) is 5.92 Å². The van der Waals surface area contributed by atoms with E-state index >= 15 is 0 Å². The van der Waals surface area contributed by atoms with Crippen molar-refractivity contribution < 1.29 is 9.53 Å². The molecule has 0 radical (unpaired) electrons. The zero-order valence-electron chi connectivity index (χ0n) is 15.4. The number of ether oxygens (including phenoxy) is 1. The van der Waals surface area contributed by atoms with Gasteiger partial charge in [-0.05, 0) is 55.4 Å². The molecule has 1 amide bonds. The largest absolute Gasteiger partial charge is 0.482 e. The van der Waals surface area contributed by atoms with Crippen molar-refractivity contribution in [2.75, 3.05) is 26.2 Å². The lowest BCUT2D eigenvalue weighted by Gasteiger charge is -2.36. The van der Waals surface area contributed by atoms with Crippen molar-refractivity contribution >= 4 is 41.3 Å². The number of rotatable bonds is 7. The third-order valence-corrected chi connectivity index (χ3v) is 6.10. The Balaban J connectivity index is 0.00000261. The van der Waals surface area contributed by atoms with Gasteiger partial charge in [0.1, 0.15) is 5.75 Å². The first-order valence-electron chi connectivity index (χ1n) is 9.05. The zero-order valence-corrected chi connectivity index (χ0v) is 17.8. The van der Waals surface area contributed by atoms with E-state index in [4.69, 9.17) is 16.3 Å². The molecule has 1 aromatic heterocycles. The van der Waals surface area contributed by atoms with Gasteiger partial charge >= 0.3 is 0 Å². The van der Waals surface area contributed by atoms with Crippen molar-refractivity contribution in [3.05, 3.63) is 51.7 Å². The van der Waals surface area contributed by atoms with E-state index in [2.05, 4.69) is 34.7 Å². The normalized spacial score (nSPS) is 16.4. The Hall–Kier alpha value is -1.27. The van der Waals surface area contributed by atoms with E-state index in [-0.39, 0.29) is 31.0 Å². The van der Waals surface area contributed by atoms with Crippen LogP contribution >= 0.6 is 35.3 Å². The first-order chi connectivity index (χ1) is 12.6. The lowest BCUT2D eigenvalue weighted by molar-refractivity contribution is -0.123. The molecule has 0 spiro atoms. The highest BCUT2D eigenvalue weighted by atomic mass is 35.5. The minimum absolute atomic E-state index is 0. The molecule has 2 heterocycles. The second-order valence-electron chi connectivity index (χ2n) is 6.77. The van der Waals surface area contributed by atoms with E-state index in [1.807, 2.05) is 12.1 Å². The minimum atomic E-state index is -0.128. The zero-order chi connectivity index (χ0) is 18.4. The summed E-state index contributed by atoms with van der Waals surface area (Å²) in [6.07, 6.45) is 2.43. The second-order valence-corrected chi connectivity index (χ2v) is 8.16. The van der Waals surface area contributed by atoms with Crippen LogP contribution in [0.1, 0.15) is 30.7 Å². The van der Waals surface area contributed by atoms with Crippen molar-refractivity contribution in [3.63, 3.8) is 0 Å². The van der Waals surface area contributed by atoms with Crippen LogP contribution in [-0.4, -0.2) is 37.0 Å². The molecule has 1 unspecified atom stereocenters. The highest BCUT2D eigenvalue weighted by Gasteiger charge is 2.25. The molecule has 7 heteroatoms. The number of nitrogens with zero attached hydrogens (tertiary/aromatic N) is 1. The Morgan fingerprint density at radius 1 is 1.30 bits per heavy atom. The highest BCUT2D eigenvalue weighted by Crippen LogP contribution is 2.29. The lowest BCUT2D eigenvalue weighted by Crippen LogP contribution is -2.42. The topological polar surface area (TPSA) is 41.6 Å². The van der Waals surface area contributed by atoms with Gasteiger partial charge in [0.15, 0.2) is 6.61 Å². The maximum absolute atomic E-state index is 12.2. The van der Waals surface area contributed by atoms with E-state index in [1.54, 1.807) is 23.5 Å². The van der Waals surface area contributed by atoms with Crippen LogP contribution in [0.5, 0.6) is 5.75 Å². The van der Waals surface area contributed by atoms with Gasteiger partial charge in [0.2, 0.25) is 0 Å². The smallest absolute Gasteiger partial charge is 0.258 e. The summed E-state index contributed by atoms with van der Waals surface area (Å²) >= 11 is 7.80. The Morgan fingerprint density at radius 2 is 2.04 bits per heavy atom. The summed E-state index contributed by atoms with van der Waals surface area (Å²) in [6, 6.07) is 11.6. The molecule has 1 atom stereocenters. The summed E-state index contributed by atoms with van der Waals surface area (Å²) in [4.78, 5) is 16.0. The van der Waals surface area contributed by atoms with Crippen molar-refractivity contribution in [2.45, 2.75) is 25.8 Å². The number of likely N-dealkylation sites (tertiary alicyclic amines) is 1. The molecule has 0 aliphatic carbocycles. The van der Waals surface area contributed by atoms with Gasteiger partial charge in [0, 0.05) is 11.4 Å². The first kappa shape index (κ1) is 22.0.